The molecule has 0 N–H and O–H groups in total. The van der Waals surface area contributed by atoms with Crippen LogP contribution < -0.4 is 0 Å². The third-order valence-corrected chi connectivity index (χ3v) is 2.92. The van der Waals surface area contributed by atoms with Crippen molar-refractivity contribution in [2.75, 3.05) is 0 Å². The Kier molecular flexibility index (Phi) is 1.87. The van der Waals surface area contributed by atoms with Crippen molar-refractivity contribution < 1.29 is 0 Å². The second kappa shape index (κ2) is 2.88. The van der Waals surface area contributed by atoms with Crippen molar-refractivity contribution in [3.05, 3.63) is 12.2 Å². The third kappa shape index (κ3) is 1.13. The molecule has 0 amide bonds. The van der Waals surface area contributed by atoms with Crippen LogP contribution in [0, 0.1) is 5.92 Å². The minimum absolute atomic E-state index is 0.683. The molecule has 0 saturated heterocycles. The van der Waals surface area contributed by atoms with Gasteiger partial charge in [-0.3, -0.25) is 4.68 Å². The van der Waals surface area contributed by atoms with Gasteiger partial charge < -0.3 is 0 Å². The summed E-state index contributed by atoms with van der Waals surface area (Å²) in [6, 6.07) is 0. The van der Waals surface area contributed by atoms with Gasteiger partial charge in [0.2, 0.25) is 0 Å². The first kappa shape index (κ1) is 7.77. The van der Waals surface area contributed by atoms with Gasteiger partial charge >= 0.3 is 0 Å². The predicted molar refractivity (Wildman–Crippen MR) is 46.8 cm³/mol. The van der Waals surface area contributed by atoms with Crippen molar-refractivity contribution in [1.82, 2.24) is 14.8 Å². The monoisotopic (exact) mass is 165 g/mol. The molecule has 1 fully saturated rings. The smallest absolute Gasteiger partial charge is 0.138 e. The largest absolute Gasteiger partial charge is 0.253 e. The predicted octanol–water partition coefficient (Wildman–Crippen LogP) is 1.72. The van der Waals surface area contributed by atoms with Crippen LogP contribution in [-0.2, 0) is 7.05 Å². The van der Waals surface area contributed by atoms with Crippen LogP contribution in [0.2, 0.25) is 0 Å². The molecule has 0 aromatic carbocycles. The van der Waals surface area contributed by atoms with E-state index in [0.29, 0.717) is 5.92 Å². The lowest BCUT2D eigenvalue weighted by Gasteiger charge is -2.33. The first-order valence-electron chi connectivity index (χ1n) is 4.65. The Morgan fingerprint density at radius 1 is 1.58 bits per heavy atom. The molecule has 1 saturated carbocycles. The molecule has 0 atom stereocenters. The summed E-state index contributed by atoms with van der Waals surface area (Å²) in [7, 11) is 1.97. The zero-order valence-corrected chi connectivity index (χ0v) is 7.70. The Bertz CT molecular complexity index is 260. The van der Waals surface area contributed by atoms with Gasteiger partial charge in [0.1, 0.15) is 12.2 Å². The van der Waals surface area contributed by atoms with E-state index in [9.17, 15) is 0 Å². The molecular weight excluding hydrogens is 150 g/mol. The van der Waals surface area contributed by atoms with Gasteiger partial charge in [-0.1, -0.05) is 13.3 Å². The minimum Gasteiger partial charge on any atom is -0.253 e. The standard InChI is InChI=1S/C9H15N3/c1-3-7-4-8(5-7)9-10-6-11-12(9)2/h6-8H,3-5H2,1-2H3. The average molecular weight is 165 g/mol. The molecule has 2 rings (SSSR count). The highest BCUT2D eigenvalue weighted by atomic mass is 15.3. The Hall–Kier alpha value is -0.860. The molecule has 66 valence electrons. The van der Waals surface area contributed by atoms with Crippen LogP contribution in [0.1, 0.15) is 37.9 Å². The number of hydrogen-bond acceptors (Lipinski definition) is 2. The summed E-state index contributed by atoms with van der Waals surface area (Å²) >= 11 is 0. The normalized spacial score (nSPS) is 28.5. The molecule has 1 aliphatic carbocycles. The fraction of sp³-hybridized carbons (Fsp3) is 0.778. The van der Waals surface area contributed by atoms with E-state index in [1.807, 2.05) is 11.7 Å². The van der Waals surface area contributed by atoms with E-state index in [4.69, 9.17) is 0 Å². The zero-order chi connectivity index (χ0) is 8.55. The molecule has 1 aromatic heterocycles. The molecule has 0 unspecified atom stereocenters. The van der Waals surface area contributed by atoms with Gasteiger partial charge in [0.05, 0.1) is 0 Å². The Labute approximate surface area is 72.8 Å². The van der Waals surface area contributed by atoms with Crippen LogP contribution in [0.25, 0.3) is 0 Å². The van der Waals surface area contributed by atoms with Gasteiger partial charge in [-0.05, 0) is 18.8 Å². The van der Waals surface area contributed by atoms with Crippen LogP contribution in [0.3, 0.4) is 0 Å². The maximum Gasteiger partial charge on any atom is 0.138 e. The molecule has 3 nitrogen and oxygen atoms in total. The molecule has 0 aliphatic heterocycles. The summed E-state index contributed by atoms with van der Waals surface area (Å²) in [5, 5.41) is 4.08. The van der Waals surface area contributed by atoms with E-state index in [2.05, 4.69) is 17.0 Å². The SMILES string of the molecule is CCC1CC(c2ncnn2C)C1. The van der Waals surface area contributed by atoms with E-state index in [0.717, 1.165) is 5.92 Å². The maximum absolute atomic E-state index is 4.26. The molecule has 1 aromatic rings. The van der Waals surface area contributed by atoms with Crippen molar-refractivity contribution >= 4 is 0 Å². The summed E-state index contributed by atoms with van der Waals surface area (Å²) in [5.74, 6) is 2.79. The quantitative estimate of drug-likeness (QED) is 0.668. The summed E-state index contributed by atoms with van der Waals surface area (Å²) in [6.07, 6.45) is 5.58. The second-order valence-corrected chi connectivity index (χ2v) is 3.68. The summed E-state index contributed by atoms with van der Waals surface area (Å²) < 4.78 is 1.90. The summed E-state index contributed by atoms with van der Waals surface area (Å²) in [6.45, 7) is 2.26. The topological polar surface area (TPSA) is 30.7 Å². The third-order valence-electron chi connectivity index (χ3n) is 2.92. The lowest BCUT2D eigenvalue weighted by atomic mass is 9.73. The summed E-state index contributed by atoms with van der Waals surface area (Å²) in [5.41, 5.74) is 0. The van der Waals surface area contributed by atoms with E-state index in [1.54, 1.807) is 6.33 Å². The van der Waals surface area contributed by atoms with Crippen molar-refractivity contribution in [2.45, 2.75) is 32.1 Å². The van der Waals surface area contributed by atoms with Gasteiger partial charge in [0.25, 0.3) is 0 Å². The van der Waals surface area contributed by atoms with Crippen LogP contribution >= 0.6 is 0 Å². The van der Waals surface area contributed by atoms with Crippen LogP contribution in [-0.4, -0.2) is 14.8 Å². The van der Waals surface area contributed by atoms with Gasteiger partial charge in [0, 0.05) is 13.0 Å². The van der Waals surface area contributed by atoms with Crippen molar-refractivity contribution in [2.24, 2.45) is 13.0 Å². The van der Waals surface area contributed by atoms with Gasteiger partial charge in [-0.25, -0.2) is 4.98 Å². The van der Waals surface area contributed by atoms with Crippen molar-refractivity contribution in [3.8, 4) is 0 Å². The highest BCUT2D eigenvalue weighted by molar-refractivity contribution is 5.02. The van der Waals surface area contributed by atoms with E-state index >= 15 is 0 Å². The fourth-order valence-electron chi connectivity index (χ4n) is 1.95. The number of aromatic nitrogens is 3. The van der Waals surface area contributed by atoms with Crippen molar-refractivity contribution in [1.29, 1.82) is 0 Å². The average Bonchev–Trinajstić information content (AvgIpc) is 2.35. The minimum atomic E-state index is 0.683. The molecule has 1 heterocycles. The van der Waals surface area contributed by atoms with E-state index in [1.165, 1.54) is 25.1 Å². The lowest BCUT2D eigenvalue weighted by molar-refractivity contribution is 0.242. The van der Waals surface area contributed by atoms with Crippen LogP contribution in [0.15, 0.2) is 6.33 Å². The first-order valence-corrected chi connectivity index (χ1v) is 4.65. The highest BCUT2D eigenvalue weighted by Gasteiger charge is 2.31. The number of hydrogen-bond donors (Lipinski definition) is 0. The number of nitrogens with zero attached hydrogens (tertiary/aromatic N) is 3. The Morgan fingerprint density at radius 3 is 2.83 bits per heavy atom. The second-order valence-electron chi connectivity index (χ2n) is 3.68. The Morgan fingerprint density at radius 2 is 2.33 bits per heavy atom. The number of rotatable bonds is 2. The lowest BCUT2D eigenvalue weighted by Crippen LogP contribution is -2.23. The molecule has 0 radical (unpaired) electrons. The molecule has 0 spiro atoms. The molecule has 0 bridgehead atoms. The van der Waals surface area contributed by atoms with Gasteiger partial charge in [0.15, 0.2) is 0 Å². The fourth-order valence-corrected chi connectivity index (χ4v) is 1.95. The number of aryl methyl sites for hydroxylation is 1. The summed E-state index contributed by atoms with van der Waals surface area (Å²) in [4.78, 5) is 4.26. The molecular formula is C9H15N3. The maximum atomic E-state index is 4.26. The highest BCUT2D eigenvalue weighted by Crippen LogP contribution is 2.41. The molecule has 3 heteroatoms. The van der Waals surface area contributed by atoms with E-state index < -0.39 is 0 Å². The Balaban J connectivity index is 2.01. The zero-order valence-electron chi connectivity index (χ0n) is 7.70. The molecule has 1 aliphatic rings. The van der Waals surface area contributed by atoms with Gasteiger partial charge in [-0.15, -0.1) is 0 Å². The van der Waals surface area contributed by atoms with Gasteiger partial charge in [-0.2, -0.15) is 5.10 Å². The molecule has 12 heavy (non-hydrogen) atoms. The van der Waals surface area contributed by atoms with Crippen molar-refractivity contribution in [3.63, 3.8) is 0 Å². The van der Waals surface area contributed by atoms with Crippen LogP contribution in [0.4, 0.5) is 0 Å². The first-order chi connectivity index (χ1) is 5.81. The van der Waals surface area contributed by atoms with Crippen LogP contribution in [0.5, 0.6) is 0 Å². The van der Waals surface area contributed by atoms with E-state index in [-0.39, 0.29) is 0 Å².